The molecule has 0 fully saturated rings. The molecule has 2 aromatic carbocycles. The van der Waals surface area contributed by atoms with Gasteiger partial charge in [0.2, 0.25) is 5.75 Å². The number of hydrogen-bond acceptors (Lipinski definition) is 7. The van der Waals surface area contributed by atoms with Gasteiger partial charge in [-0.1, -0.05) is 18.2 Å². The van der Waals surface area contributed by atoms with Gasteiger partial charge in [0.05, 0.1) is 29.8 Å². The smallest absolute Gasteiger partial charge is 0.315 e. The van der Waals surface area contributed by atoms with Gasteiger partial charge in [-0.15, -0.1) is 0 Å². The molecule has 0 aliphatic carbocycles. The van der Waals surface area contributed by atoms with Crippen molar-refractivity contribution in [2.75, 3.05) is 13.7 Å². The van der Waals surface area contributed by atoms with Crippen LogP contribution in [0.3, 0.4) is 0 Å². The first-order valence-electron chi connectivity index (χ1n) is 7.48. The van der Waals surface area contributed by atoms with Crippen molar-refractivity contribution < 1.29 is 22.8 Å². The fraction of sp³-hybridized carbons (Fsp3) is 0.188. The van der Waals surface area contributed by atoms with Gasteiger partial charge in [-0.25, -0.2) is 4.83 Å². The van der Waals surface area contributed by atoms with Crippen molar-refractivity contribution in [3.05, 3.63) is 58.1 Å². The highest BCUT2D eigenvalue weighted by molar-refractivity contribution is 7.89. The van der Waals surface area contributed by atoms with Crippen LogP contribution in [0.1, 0.15) is 12.5 Å². The Kier molecular flexibility index (Phi) is 6.12. The van der Waals surface area contributed by atoms with Gasteiger partial charge < -0.3 is 9.47 Å². The third-order valence-corrected chi connectivity index (χ3v) is 4.44. The van der Waals surface area contributed by atoms with E-state index in [0.717, 1.165) is 6.21 Å². The largest absolute Gasteiger partial charge is 0.493 e. The van der Waals surface area contributed by atoms with E-state index in [9.17, 15) is 18.5 Å². The number of methoxy groups -OCH3 is 1. The number of nitrogens with one attached hydrogen (secondary N) is 1. The molecule has 0 saturated carbocycles. The zero-order valence-electron chi connectivity index (χ0n) is 14.1. The van der Waals surface area contributed by atoms with E-state index in [1.54, 1.807) is 25.1 Å². The van der Waals surface area contributed by atoms with E-state index in [-0.39, 0.29) is 34.3 Å². The van der Waals surface area contributed by atoms with E-state index in [0.29, 0.717) is 0 Å². The quantitative estimate of drug-likeness (QED) is 0.427. The van der Waals surface area contributed by atoms with Crippen LogP contribution >= 0.6 is 0 Å². The Hall–Kier alpha value is -3.14. The van der Waals surface area contributed by atoms with Crippen molar-refractivity contribution in [3.63, 3.8) is 0 Å². The first-order valence-corrected chi connectivity index (χ1v) is 8.96. The topological polar surface area (TPSA) is 120 Å². The number of rotatable bonds is 8. The fourth-order valence-electron chi connectivity index (χ4n) is 2.08. The number of nitro benzene ring substituents is 1. The number of benzene rings is 2. The molecule has 0 bridgehead atoms. The lowest BCUT2D eigenvalue weighted by Gasteiger charge is -2.10. The summed E-state index contributed by atoms with van der Waals surface area (Å²) in [6.45, 7) is 1.92. The summed E-state index contributed by atoms with van der Waals surface area (Å²) in [4.78, 5) is 12.7. The zero-order valence-corrected chi connectivity index (χ0v) is 14.9. The van der Waals surface area contributed by atoms with Crippen molar-refractivity contribution in [2.24, 2.45) is 5.10 Å². The Bertz CT molecular complexity index is 913. The van der Waals surface area contributed by atoms with Gasteiger partial charge >= 0.3 is 5.69 Å². The highest BCUT2D eigenvalue weighted by atomic mass is 32.2. The maximum Gasteiger partial charge on any atom is 0.315 e. The molecule has 10 heteroatoms. The SMILES string of the molecule is CCOc1c(OC)cc(/C=N/NS(=O)(=O)c2ccccc2)cc1[N+](=O)[O-]. The Morgan fingerprint density at radius 3 is 2.54 bits per heavy atom. The van der Waals surface area contributed by atoms with Crippen LogP contribution in [0.4, 0.5) is 5.69 Å². The molecule has 1 N–H and O–H groups in total. The van der Waals surface area contributed by atoms with Crippen molar-refractivity contribution in [1.82, 2.24) is 4.83 Å². The monoisotopic (exact) mass is 379 g/mol. The molecule has 0 aromatic heterocycles. The molecule has 0 heterocycles. The molecule has 0 saturated heterocycles. The third-order valence-electron chi connectivity index (χ3n) is 3.20. The fourth-order valence-corrected chi connectivity index (χ4v) is 2.89. The van der Waals surface area contributed by atoms with Gasteiger partial charge in [0, 0.05) is 11.6 Å². The molecule has 2 rings (SSSR count). The highest BCUT2D eigenvalue weighted by Crippen LogP contribution is 2.37. The van der Waals surface area contributed by atoms with Crippen molar-refractivity contribution in [1.29, 1.82) is 0 Å². The van der Waals surface area contributed by atoms with E-state index in [1.165, 1.54) is 31.4 Å². The van der Waals surface area contributed by atoms with E-state index < -0.39 is 14.9 Å². The van der Waals surface area contributed by atoms with Gasteiger partial charge in [0.15, 0.2) is 5.75 Å². The second kappa shape index (κ2) is 8.30. The summed E-state index contributed by atoms with van der Waals surface area (Å²) in [7, 11) is -2.48. The summed E-state index contributed by atoms with van der Waals surface area (Å²) in [6, 6.07) is 10.4. The van der Waals surface area contributed by atoms with Crippen molar-refractivity contribution >= 4 is 21.9 Å². The predicted octanol–water partition coefficient (Wildman–Crippen LogP) is 2.31. The minimum atomic E-state index is -3.83. The third kappa shape index (κ3) is 4.48. The van der Waals surface area contributed by atoms with Gasteiger partial charge in [-0.3, -0.25) is 10.1 Å². The molecule has 2 aromatic rings. The van der Waals surface area contributed by atoms with E-state index in [1.807, 2.05) is 4.83 Å². The minimum Gasteiger partial charge on any atom is -0.493 e. The molecular formula is C16H17N3O6S. The predicted molar refractivity (Wildman–Crippen MR) is 95.2 cm³/mol. The first-order chi connectivity index (χ1) is 12.4. The van der Waals surface area contributed by atoms with Gasteiger partial charge in [0.25, 0.3) is 10.0 Å². The molecule has 0 atom stereocenters. The second-order valence-electron chi connectivity index (χ2n) is 4.93. The normalized spacial score (nSPS) is 11.3. The summed E-state index contributed by atoms with van der Waals surface area (Å²) >= 11 is 0. The standard InChI is InChI=1S/C16H17N3O6S/c1-3-25-16-14(19(20)21)9-12(10-15(16)24-2)11-17-18-26(22,23)13-7-5-4-6-8-13/h4-11,18H,3H2,1-2H3/b17-11+. The zero-order chi connectivity index (χ0) is 19.2. The molecular weight excluding hydrogens is 362 g/mol. The van der Waals surface area contributed by atoms with E-state index >= 15 is 0 Å². The van der Waals surface area contributed by atoms with Gasteiger partial charge in [0.1, 0.15) is 0 Å². The molecule has 9 nitrogen and oxygen atoms in total. The van der Waals surface area contributed by atoms with Crippen molar-refractivity contribution in [3.8, 4) is 11.5 Å². The molecule has 0 unspecified atom stereocenters. The summed E-state index contributed by atoms with van der Waals surface area (Å²) in [5, 5.41) is 14.9. The molecule has 0 aliphatic heterocycles. The summed E-state index contributed by atoms with van der Waals surface area (Å²) in [5.41, 5.74) is -0.0358. The molecule has 26 heavy (non-hydrogen) atoms. The number of ether oxygens (including phenoxy) is 2. The van der Waals surface area contributed by atoms with Crippen LogP contribution in [0.15, 0.2) is 52.5 Å². The Labute approximate surface area is 150 Å². The highest BCUT2D eigenvalue weighted by Gasteiger charge is 2.21. The number of nitro groups is 1. The summed E-state index contributed by atoms with van der Waals surface area (Å²) in [5.74, 6) is 0.149. The van der Waals surface area contributed by atoms with Crippen LogP contribution in [-0.2, 0) is 10.0 Å². The molecule has 0 amide bonds. The van der Waals surface area contributed by atoms with Crippen LogP contribution in [0.25, 0.3) is 0 Å². The van der Waals surface area contributed by atoms with Gasteiger partial charge in [-0.2, -0.15) is 13.5 Å². The number of hydrogen-bond donors (Lipinski definition) is 1. The van der Waals surface area contributed by atoms with Crippen LogP contribution < -0.4 is 14.3 Å². The van der Waals surface area contributed by atoms with Crippen LogP contribution in [-0.4, -0.2) is 33.3 Å². The molecule has 138 valence electrons. The molecule has 0 radical (unpaired) electrons. The Morgan fingerprint density at radius 1 is 1.27 bits per heavy atom. The second-order valence-corrected chi connectivity index (χ2v) is 6.59. The Balaban J connectivity index is 2.30. The average Bonchev–Trinajstić information content (AvgIpc) is 2.63. The number of hydrazone groups is 1. The van der Waals surface area contributed by atoms with E-state index in [4.69, 9.17) is 9.47 Å². The first kappa shape index (κ1) is 19.2. The van der Waals surface area contributed by atoms with Crippen LogP contribution in [0.2, 0.25) is 0 Å². The average molecular weight is 379 g/mol. The maximum atomic E-state index is 12.1. The summed E-state index contributed by atoms with van der Waals surface area (Å²) < 4.78 is 34.5. The van der Waals surface area contributed by atoms with Crippen LogP contribution in [0.5, 0.6) is 11.5 Å². The van der Waals surface area contributed by atoms with Gasteiger partial charge in [-0.05, 0) is 25.1 Å². The molecule has 0 spiro atoms. The lowest BCUT2D eigenvalue weighted by molar-refractivity contribution is -0.385. The molecule has 0 aliphatic rings. The van der Waals surface area contributed by atoms with E-state index in [2.05, 4.69) is 5.10 Å². The maximum absolute atomic E-state index is 12.1. The number of nitrogens with zero attached hydrogens (tertiary/aromatic N) is 2. The number of sulfonamides is 1. The lowest BCUT2D eigenvalue weighted by atomic mass is 10.2. The Morgan fingerprint density at radius 2 is 1.96 bits per heavy atom. The minimum absolute atomic E-state index is 0.00187. The lowest BCUT2D eigenvalue weighted by Crippen LogP contribution is -2.18. The van der Waals surface area contributed by atoms with Crippen LogP contribution in [0, 0.1) is 10.1 Å². The van der Waals surface area contributed by atoms with Crippen molar-refractivity contribution in [2.45, 2.75) is 11.8 Å². The summed E-state index contributed by atoms with van der Waals surface area (Å²) in [6.07, 6.45) is 1.14.